The van der Waals surface area contributed by atoms with Crippen LogP contribution in [0.2, 0.25) is 0 Å². The lowest BCUT2D eigenvalue weighted by molar-refractivity contribution is -0.137. The molecule has 0 spiro atoms. The highest BCUT2D eigenvalue weighted by Crippen LogP contribution is 2.32. The molecule has 3 aromatic rings. The molecule has 0 saturated heterocycles. The van der Waals surface area contributed by atoms with Crippen molar-refractivity contribution >= 4 is 23.5 Å². The average molecular weight is 433 g/mol. The van der Waals surface area contributed by atoms with Gasteiger partial charge in [-0.3, -0.25) is 9.59 Å². The molecule has 0 aliphatic carbocycles. The normalized spacial score (nSPS) is 11.3. The van der Waals surface area contributed by atoms with E-state index in [0.717, 1.165) is 0 Å². The maximum absolute atomic E-state index is 13.6. The van der Waals surface area contributed by atoms with Crippen LogP contribution >= 0.6 is 0 Å². The van der Waals surface area contributed by atoms with Crippen LogP contribution in [0.25, 0.3) is 11.1 Å². The topological polar surface area (TPSA) is 124 Å². The van der Waals surface area contributed by atoms with Crippen LogP contribution in [-0.2, 0) is 6.18 Å². The number of nitrogens with one attached hydrogen (secondary N) is 1. The number of carbonyl (C=O) groups excluding carboxylic acids is 2. The number of primary amides is 1. The molecule has 0 radical (unpaired) electrons. The van der Waals surface area contributed by atoms with E-state index in [1.54, 1.807) is 6.92 Å². The number of nitrogens with two attached hydrogens (primary N) is 2. The molecule has 1 heterocycles. The summed E-state index contributed by atoms with van der Waals surface area (Å²) in [5.74, 6) is -3.01. The molecule has 1 aromatic heterocycles. The third-order valence-electron chi connectivity index (χ3n) is 4.40. The van der Waals surface area contributed by atoms with Gasteiger partial charge in [-0.2, -0.15) is 13.2 Å². The summed E-state index contributed by atoms with van der Waals surface area (Å²) in [5, 5.41) is 2.36. The van der Waals surface area contributed by atoms with Gasteiger partial charge in [-0.05, 0) is 48.4 Å². The number of halogens is 4. The van der Waals surface area contributed by atoms with E-state index in [0.29, 0.717) is 28.8 Å². The largest absolute Gasteiger partial charge is 0.416 e. The van der Waals surface area contributed by atoms with Crippen molar-refractivity contribution in [2.75, 3.05) is 11.1 Å². The summed E-state index contributed by atoms with van der Waals surface area (Å²) in [6, 6.07) is 4.20. The zero-order valence-electron chi connectivity index (χ0n) is 15.9. The molecule has 2 aromatic carbocycles. The molecule has 0 unspecified atom stereocenters. The lowest BCUT2D eigenvalue weighted by Gasteiger charge is -2.14. The SMILES string of the molecule is Cc1c(C(N)=O)cc(NC(=O)c2cc(F)cc(C(F)(F)F)c2)cc1-c1cnc(N)nc1. The van der Waals surface area contributed by atoms with Gasteiger partial charge in [0.15, 0.2) is 0 Å². The van der Waals surface area contributed by atoms with Gasteiger partial charge in [0.1, 0.15) is 5.82 Å². The van der Waals surface area contributed by atoms with Gasteiger partial charge in [-0.15, -0.1) is 0 Å². The van der Waals surface area contributed by atoms with Crippen LogP contribution in [0.4, 0.5) is 29.2 Å². The van der Waals surface area contributed by atoms with Gasteiger partial charge >= 0.3 is 6.18 Å². The third kappa shape index (κ3) is 4.77. The first-order valence-corrected chi connectivity index (χ1v) is 8.67. The molecule has 0 atom stereocenters. The van der Waals surface area contributed by atoms with Gasteiger partial charge in [-0.1, -0.05) is 0 Å². The van der Waals surface area contributed by atoms with Gasteiger partial charge in [-0.25, -0.2) is 14.4 Å². The van der Waals surface area contributed by atoms with Crippen molar-refractivity contribution < 1.29 is 27.2 Å². The molecule has 0 bridgehead atoms. The van der Waals surface area contributed by atoms with Crippen LogP contribution < -0.4 is 16.8 Å². The first kappa shape index (κ1) is 21.7. The molecular weight excluding hydrogens is 418 g/mol. The van der Waals surface area contributed by atoms with Gasteiger partial charge < -0.3 is 16.8 Å². The van der Waals surface area contributed by atoms with E-state index in [9.17, 15) is 27.2 Å². The third-order valence-corrected chi connectivity index (χ3v) is 4.40. The number of rotatable bonds is 4. The lowest BCUT2D eigenvalue weighted by Crippen LogP contribution is -2.17. The highest BCUT2D eigenvalue weighted by atomic mass is 19.4. The monoisotopic (exact) mass is 433 g/mol. The van der Waals surface area contributed by atoms with Gasteiger partial charge in [0.2, 0.25) is 11.9 Å². The summed E-state index contributed by atoms with van der Waals surface area (Å²) < 4.78 is 52.4. The Morgan fingerprint density at radius 1 is 1.03 bits per heavy atom. The fourth-order valence-electron chi connectivity index (χ4n) is 2.91. The minimum Gasteiger partial charge on any atom is -0.368 e. The Morgan fingerprint density at radius 3 is 2.26 bits per heavy atom. The maximum Gasteiger partial charge on any atom is 0.416 e. The molecule has 0 fully saturated rings. The highest BCUT2D eigenvalue weighted by molar-refractivity contribution is 6.06. The Bertz CT molecular complexity index is 1180. The number of hydrogen-bond acceptors (Lipinski definition) is 5. The van der Waals surface area contributed by atoms with Crippen molar-refractivity contribution in [2.24, 2.45) is 5.73 Å². The number of benzene rings is 2. The summed E-state index contributed by atoms with van der Waals surface area (Å²) in [6.45, 7) is 1.61. The quantitative estimate of drug-likeness (QED) is 0.543. The van der Waals surface area contributed by atoms with Crippen LogP contribution in [-0.4, -0.2) is 21.8 Å². The number of nitrogen functional groups attached to an aromatic ring is 1. The Balaban J connectivity index is 2.03. The number of nitrogens with zero attached hydrogens (tertiary/aromatic N) is 2. The average Bonchev–Trinajstić information content (AvgIpc) is 2.68. The van der Waals surface area contributed by atoms with Crippen molar-refractivity contribution in [1.29, 1.82) is 0 Å². The summed E-state index contributed by atoms with van der Waals surface area (Å²) in [5.41, 5.74) is 10.5. The molecule has 5 N–H and O–H groups in total. The molecule has 160 valence electrons. The zero-order chi connectivity index (χ0) is 22.9. The molecular formula is C20H15F4N5O2. The minimum absolute atomic E-state index is 0.0209. The maximum atomic E-state index is 13.6. The molecule has 31 heavy (non-hydrogen) atoms. The van der Waals surface area contributed by atoms with Crippen molar-refractivity contribution in [3.8, 4) is 11.1 Å². The Kier molecular flexibility index (Phi) is 5.60. The molecule has 0 saturated carbocycles. The molecule has 0 aliphatic heterocycles. The standard InChI is InChI=1S/C20H15F4N5O2/c1-9-15(11-7-27-19(26)28-8-11)5-14(6-16(9)17(25)30)29-18(31)10-2-12(20(22,23)24)4-13(21)3-10/h2-8H,1H3,(H2,25,30)(H,29,31)(H2,26,27,28). The lowest BCUT2D eigenvalue weighted by atomic mass is 9.96. The van der Waals surface area contributed by atoms with E-state index < -0.39 is 34.9 Å². The zero-order valence-corrected chi connectivity index (χ0v) is 15.9. The van der Waals surface area contributed by atoms with Crippen molar-refractivity contribution in [2.45, 2.75) is 13.1 Å². The second-order valence-corrected chi connectivity index (χ2v) is 6.57. The fraction of sp³-hybridized carbons (Fsp3) is 0.100. The molecule has 11 heteroatoms. The van der Waals surface area contributed by atoms with Crippen LogP contribution in [0.3, 0.4) is 0 Å². The number of anilines is 2. The first-order chi connectivity index (χ1) is 14.5. The van der Waals surface area contributed by atoms with Crippen LogP contribution in [0.5, 0.6) is 0 Å². The van der Waals surface area contributed by atoms with Crippen molar-refractivity contribution in [3.05, 3.63) is 70.8 Å². The predicted octanol–water partition coefficient (Wildman–Crippen LogP) is 3.54. The van der Waals surface area contributed by atoms with Crippen molar-refractivity contribution in [3.63, 3.8) is 0 Å². The van der Waals surface area contributed by atoms with E-state index in [1.165, 1.54) is 24.5 Å². The second-order valence-electron chi connectivity index (χ2n) is 6.57. The number of carbonyl (C=O) groups is 2. The number of hydrogen-bond donors (Lipinski definition) is 3. The van der Waals surface area contributed by atoms with E-state index >= 15 is 0 Å². The van der Waals surface area contributed by atoms with Crippen LogP contribution in [0.1, 0.15) is 31.8 Å². The Morgan fingerprint density at radius 2 is 1.68 bits per heavy atom. The Hall–Kier alpha value is -4.02. The van der Waals surface area contributed by atoms with Gasteiger partial charge in [0.25, 0.3) is 5.91 Å². The molecule has 0 aliphatic rings. The van der Waals surface area contributed by atoms with E-state index in [-0.39, 0.29) is 23.3 Å². The molecule has 3 rings (SSSR count). The minimum atomic E-state index is -4.83. The predicted molar refractivity (Wildman–Crippen MR) is 104 cm³/mol. The van der Waals surface area contributed by atoms with E-state index in [2.05, 4.69) is 15.3 Å². The second kappa shape index (κ2) is 8.01. The van der Waals surface area contributed by atoms with E-state index in [4.69, 9.17) is 11.5 Å². The van der Waals surface area contributed by atoms with Crippen LogP contribution in [0, 0.1) is 12.7 Å². The van der Waals surface area contributed by atoms with Gasteiger partial charge in [0.05, 0.1) is 5.56 Å². The van der Waals surface area contributed by atoms with Crippen LogP contribution in [0.15, 0.2) is 42.7 Å². The molecule has 2 amide bonds. The number of alkyl halides is 3. The smallest absolute Gasteiger partial charge is 0.368 e. The first-order valence-electron chi connectivity index (χ1n) is 8.67. The fourth-order valence-corrected chi connectivity index (χ4v) is 2.91. The number of amides is 2. The summed E-state index contributed by atoms with van der Waals surface area (Å²) in [7, 11) is 0. The highest BCUT2D eigenvalue weighted by Gasteiger charge is 2.32. The summed E-state index contributed by atoms with van der Waals surface area (Å²) in [6.07, 6.45) is -2.05. The summed E-state index contributed by atoms with van der Waals surface area (Å²) >= 11 is 0. The van der Waals surface area contributed by atoms with E-state index in [1.807, 2.05) is 0 Å². The van der Waals surface area contributed by atoms with Gasteiger partial charge in [0, 0.05) is 34.8 Å². The van der Waals surface area contributed by atoms with Crippen molar-refractivity contribution in [1.82, 2.24) is 9.97 Å². The number of aromatic nitrogens is 2. The summed E-state index contributed by atoms with van der Waals surface area (Å²) in [4.78, 5) is 32.1. The Labute approximate surface area is 173 Å². The molecule has 7 nitrogen and oxygen atoms in total.